The number of halogens is 3. The van der Waals surface area contributed by atoms with Crippen LogP contribution < -0.4 is 20.7 Å². The van der Waals surface area contributed by atoms with Gasteiger partial charge in [0.1, 0.15) is 24.1 Å². The molecule has 1 aromatic carbocycles. The zero-order valence-corrected chi connectivity index (χ0v) is 21.2. The normalized spacial score (nSPS) is 17.2. The van der Waals surface area contributed by atoms with E-state index in [2.05, 4.69) is 25.7 Å². The first-order valence-electron chi connectivity index (χ1n) is 12.2. The predicted molar refractivity (Wildman–Crippen MR) is 130 cm³/mol. The second-order valence-electron chi connectivity index (χ2n) is 9.53. The first-order valence-corrected chi connectivity index (χ1v) is 12.2. The van der Waals surface area contributed by atoms with Crippen LogP contribution >= 0.6 is 0 Å². The molecular formula is C25H31F3N4O6. The number of H-pyrrole nitrogens is 1. The largest absolute Gasteiger partial charge is 0.522 e. The molecule has 1 fully saturated rings. The van der Waals surface area contributed by atoms with Gasteiger partial charge in [-0.15, -0.1) is 13.2 Å². The minimum Gasteiger partial charge on any atom is -0.496 e. The lowest BCUT2D eigenvalue weighted by Crippen LogP contribution is -2.53. The Balaban J connectivity index is 1.77. The van der Waals surface area contributed by atoms with Crippen LogP contribution in [0.5, 0.6) is 5.75 Å². The fourth-order valence-electron chi connectivity index (χ4n) is 4.32. The predicted octanol–water partition coefficient (Wildman–Crippen LogP) is 2.44. The third-order valence-corrected chi connectivity index (χ3v) is 6.18. The molecule has 208 valence electrons. The molecule has 38 heavy (non-hydrogen) atoms. The molecule has 13 heteroatoms. The second-order valence-corrected chi connectivity index (χ2v) is 9.53. The molecule has 1 aromatic heterocycles. The van der Waals surface area contributed by atoms with Gasteiger partial charge in [0.2, 0.25) is 11.8 Å². The number of fused-ring (bicyclic) bond motifs is 1. The molecule has 0 spiro atoms. The Morgan fingerprint density at radius 2 is 1.89 bits per heavy atom. The molecule has 0 saturated carbocycles. The van der Waals surface area contributed by atoms with Gasteiger partial charge in [0.25, 0.3) is 5.91 Å². The number of amides is 3. The van der Waals surface area contributed by atoms with Crippen molar-refractivity contribution >= 4 is 34.4 Å². The molecule has 1 saturated heterocycles. The van der Waals surface area contributed by atoms with Crippen molar-refractivity contribution in [2.45, 2.75) is 51.6 Å². The van der Waals surface area contributed by atoms with Gasteiger partial charge in [-0.05, 0) is 43.4 Å². The van der Waals surface area contributed by atoms with E-state index in [1.165, 1.54) is 7.11 Å². The monoisotopic (exact) mass is 540 g/mol. The number of methoxy groups -OCH3 is 1. The summed E-state index contributed by atoms with van der Waals surface area (Å²) in [7, 11) is 1.50. The Morgan fingerprint density at radius 3 is 2.50 bits per heavy atom. The molecule has 3 amide bonds. The number of Topliss-reactive ketones (excluding diaryl/α,β-unsaturated/α-hetero) is 1. The van der Waals surface area contributed by atoms with Gasteiger partial charge in [-0.1, -0.05) is 19.9 Å². The first kappa shape index (κ1) is 29.0. The molecule has 10 nitrogen and oxygen atoms in total. The summed E-state index contributed by atoms with van der Waals surface area (Å²) >= 11 is 0. The number of hydrogen-bond acceptors (Lipinski definition) is 6. The number of ketones is 1. The van der Waals surface area contributed by atoms with Gasteiger partial charge >= 0.3 is 6.36 Å². The van der Waals surface area contributed by atoms with Gasteiger partial charge < -0.3 is 25.7 Å². The van der Waals surface area contributed by atoms with Crippen LogP contribution in [0.4, 0.5) is 13.2 Å². The van der Waals surface area contributed by atoms with Gasteiger partial charge in [-0.25, -0.2) is 0 Å². The maximum absolute atomic E-state index is 13.2. The van der Waals surface area contributed by atoms with Crippen molar-refractivity contribution in [1.82, 2.24) is 20.9 Å². The molecule has 3 rings (SSSR count). The van der Waals surface area contributed by atoms with Gasteiger partial charge in [0, 0.05) is 23.4 Å². The number of aromatic nitrogens is 1. The van der Waals surface area contributed by atoms with Crippen molar-refractivity contribution in [3.05, 3.63) is 30.0 Å². The van der Waals surface area contributed by atoms with Gasteiger partial charge in [0.05, 0.1) is 13.2 Å². The van der Waals surface area contributed by atoms with Crippen molar-refractivity contribution in [3.63, 3.8) is 0 Å². The highest BCUT2D eigenvalue weighted by molar-refractivity contribution is 6.02. The Bertz CT molecular complexity index is 1180. The minimum atomic E-state index is -5.04. The number of nitrogens with one attached hydrogen (secondary N) is 4. The number of carbonyl (C=O) groups is 4. The van der Waals surface area contributed by atoms with Gasteiger partial charge in [-0.2, -0.15) is 0 Å². The maximum Gasteiger partial charge on any atom is 0.522 e. The van der Waals surface area contributed by atoms with Crippen molar-refractivity contribution in [1.29, 1.82) is 0 Å². The number of ether oxygens (including phenoxy) is 2. The van der Waals surface area contributed by atoms with Crippen molar-refractivity contribution in [2.75, 3.05) is 20.3 Å². The zero-order chi connectivity index (χ0) is 28.0. The quantitative estimate of drug-likeness (QED) is 0.326. The lowest BCUT2D eigenvalue weighted by atomic mass is 9.95. The number of alkyl halides is 3. The zero-order valence-electron chi connectivity index (χ0n) is 21.2. The van der Waals surface area contributed by atoms with E-state index in [1.54, 1.807) is 24.3 Å². The molecule has 0 radical (unpaired) electrons. The molecule has 4 N–H and O–H groups in total. The highest BCUT2D eigenvalue weighted by Crippen LogP contribution is 2.26. The molecule has 0 bridgehead atoms. The van der Waals surface area contributed by atoms with Crippen molar-refractivity contribution in [2.24, 2.45) is 11.8 Å². The average Bonchev–Trinajstić information content (AvgIpc) is 3.46. The molecule has 2 heterocycles. The summed E-state index contributed by atoms with van der Waals surface area (Å²) in [6, 6.07) is 4.30. The summed E-state index contributed by atoms with van der Waals surface area (Å²) in [6.07, 6.45) is -4.67. The van der Waals surface area contributed by atoms with Crippen LogP contribution in [0.2, 0.25) is 0 Å². The maximum atomic E-state index is 13.2. The molecule has 1 aliphatic rings. The Labute approximate surface area is 217 Å². The van der Waals surface area contributed by atoms with Crippen LogP contribution in [0.1, 0.15) is 43.6 Å². The highest BCUT2D eigenvalue weighted by Gasteiger charge is 2.36. The smallest absolute Gasteiger partial charge is 0.496 e. The summed E-state index contributed by atoms with van der Waals surface area (Å²) in [6.45, 7) is 2.69. The number of carbonyl (C=O) groups excluding carboxylic acids is 4. The van der Waals surface area contributed by atoms with E-state index < -0.39 is 48.6 Å². The van der Waals surface area contributed by atoms with E-state index in [1.807, 2.05) is 13.8 Å². The van der Waals surface area contributed by atoms with Crippen LogP contribution in [0, 0.1) is 11.8 Å². The van der Waals surface area contributed by atoms with Crippen molar-refractivity contribution < 1.29 is 41.8 Å². The molecule has 2 aromatic rings. The lowest BCUT2D eigenvalue weighted by molar-refractivity contribution is -0.321. The number of aromatic amines is 1. The standard InChI is InChI=1S/C25H31F3N4O6/c1-13(2)9-18(32-24(36)19-11-15-16(30-19)5-4-6-21(15)37-3)23(35)31-17(10-14-7-8-29-22(14)34)20(33)12-38-25(26,27)28/h4-6,11,13-14,17-18,30H,7-10,12H2,1-3H3,(H,29,34)(H,31,35)(H,32,36). The summed E-state index contributed by atoms with van der Waals surface area (Å²) in [5.74, 6) is -2.91. The van der Waals surface area contributed by atoms with E-state index in [0.29, 0.717) is 29.6 Å². The Kier molecular flexibility index (Phi) is 9.36. The van der Waals surface area contributed by atoms with E-state index in [4.69, 9.17) is 4.74 Å². The van der Waals surface area contributed by atoms with Gasteiger partial charge in [0.15, 0.2) is 5.78 Å². The number of hydrogen-bond donors (Lipinski definition) is 4. The Hall–Kier alpha value is -3.61. The van der Waals surface area contributed by atoms with E-state index in [0.717, 1.165) is 0 Å². The molecule has 1 aliphatic heterocycles. The summed E-state index contributed by atoms with van der Waals surface area (Å²) in [4.78, 5) is 53.8. The molecule has 3 atom stereocenters. The topological polar surface area (TPSA) is 139 Å². The van der Waals surface area contributed by atoms with Crippen LogP contribution in [-0.2, 0) is 19.1 Å². The summed E-state index contributed by atoms with van der Waals surface area (Å²) in [5.41, 5.74) is 0.810. The molecule has 3 unspecified atom stereocenters. The van der Waals surface area contributed by atoms with E-state index in [9.17, 15) is 32.3 Å². The third-order valence-electron chi connectivity index (χ3n) is 6.18. The highest BCUT2D eigenvalue weighted by atomic mass is 19.4. The van der Waals surface area contributed by atoms with Crippen LogP contribution in [-0.4, -0.2) is 67.2 Å². The second kappa shape index (κ2) is 12.3. The lowest BCUT2D eigenvalue weighted by Gasteiger charge is -2.25. The van der Waals surface area contributed by atoms with E-state index >= 15 is 0 Å². The fraction of sp³-hybridized carbons (Fsp3) is 0.520. The fourth-order valence-corrected chi connectivity index (χ4v) is 4.32. The molecule has 0 aliphatic carbocycles. The Morgan fingerprint density at radius 1 is 1.16 bits per heavy atom. The molecular weight excluding hydrogens is 509 g/mol. The van der Waals surface area contributed by atoms with Crippen LogP contribution in [0.15, 0.2) is 24.3 Å². The third kappa shape index (κ3) is 7.70. The van der Waals surface area contributed by atoms with Crippen LogP contribution in [0.25, 0.3) is 10.9 Å². The first-order chi connectivity index (χ1) is 17.9. The SMILES string of the molecule is COc1cccc2[nH]c(C(=O)NC(CC(C)C)C(=O)NC(CC3CCNC3=O)C(=O)COC(F)(F)F)cc12. The number of rotatable bonds is 12. The number of benzene rings is 1. The summed E-state index contributed by atoms with van der Waals surface area (Å²) < 4.78 is 46.5. The summed E-state index contributed by atoms with van der Waals surface area (Å²) in [5, 5.41) is 8.34. The van der Waals surface area contributed by atoms with Gasteiger partial charge in [-0.3, -0.25) is 23.9 Å². The van der Waals surface area contributed by atoms with E-state index in [-0.39, 0.29) is 30.4 Å². The van der Waals surface area contributed by atoms with Crippen LogP contribution in [0.3, 0.4) is 0 Å². The average molecular weight is 541 g/mol. The minimum absolute atomic E-state index is 0.0582. The van der Waals surface area contributed by atoms with Crippen molar-refractivity contribution in [3.8, 4) is 5.75 Å².